The second-order valence-corrected chi connectivity index (χ2v) is 17.0. The van der Waals surface area contributed by atoms with Gasteiger partial charge in [0.1, 0.15) is 0 Å². The molecule has 0 fully saturated rings. The molecule has 102 valence electrons. The van der Waals surface area contributed by atoms with Gasteiger partial charge in [-0.25, -0.2) is 0 Å². The number of hydrogen-bond donors (Lipinski definition) is 0. The highest BCUT2D eigenvalue weighted by molar-refractivity contribution is 7.33. The van der Waals surface area contributed by atoms with Crippen LogP contribution in [0.15, 0.2) is 24.3 Å². The molecular weight excluding hydrogens is 295 g/mol. The summed E-state index contributed by atoms with van der Waals surface area (Å²) >= 11 is 13.9. The summed E-state index contributed by atoms with van der Waals surface area (Å²) in [6.07, 6.45) is 0. The van der Waals surface area contributed by atoms with Crippen LogP contribution in [-0.2, 0) is 0 Å². The van der Waals surface area contributed by atoms with Gasteiger partial charge in [0.2, 0.25) is 0 Å². The van der Waals surface area contributed by atoms with E-state index in [1.807, 2.05) is 0 Å². The first-order chi connectivity index (χ1) is 8.47. The Hall–Kier alpha value is 0.234. The molecule has 0 atom stereocenters. The minimum absolute atomic E-state index is 1.08. The average Bonchev–Trinajstić information content (AvgIpc) is 2.45. The monoisotopic (exact) mass is 318 g/mol. The van der Waals surface area contributed by atoms with Crippen LogP contribution in [0.2, 0.25) is 24.2 Å². The van der Waals surface area contributed by atoms with Crippen LogP contribution < -0.4 is 10.4 Å². The minimum atomic E-state index is -1.84. The Morgan fingerprint density at radius 2 is 1.00 bits per heavy atom. The molecule has 0 amide bonds. The van der Waals surface area contributed by atoms with Crippen molar-refractivity contribution in [3.05, 3.63) is 24.3 Å². The van der Waals surface area contributed by atoms with Gasteiger partial charge in [0.05, 0.1) is 0 Å². The van der Waals surface area contributed by atoms with Crippen molar-refractivity contribution in [1.82, 2.24) is 0 Å². The Labute approximate surface area is 123 Å². The van der Waals surface area contributed by atoms with Crippen LogP contribution in [0, 0.1) is 0 Å². The molecule has 0 aliphatic carbocycles. The van der Waals surface area contributed by atoms with Crippen molar-refractivity contribution in [2.75, 3.05) is 0 Å². The molecule has 0 aliphatic heterocycles. The molecule has 0 N–H and O–H groups in total. The first-order valence-corrected chi connectivity index (χ1v) is 13.8. The summed E-state index contributed by atoms with van der Waals surface area (Å²) in [5.41, 5.74) is 0. The first kappa shape index (κ1) is 16.3. The van der Waals surface area contributed by atoms with E-state index in [-0.39, 0.29) is 0 Å². The smallest absolute Gasteiger partial charge is 0.161 e. The lowest BCUT2D eigenvalue weighted by Gasteiger charge is -2.31. The van der Waals surface area contributed by atoms with Crippen molar-refractivity contribution < 1.29 is 0 Å². The van der Waals surface area contributed by atoms with E-state index in [2.05, 4.69) is 52.0 Å². The lowest BCUT2D eigenvalue weighted by atomic mass is 10.4. The average molecular weight is 319 g/mol. The molecule has 18 heavy (non-hydrogen) atoms. The highest BCUT2D eigenvalue weighted by Crippen LogP contribution is 2.24. The van der Waals surface area contributed by atoms with Gasteiger partial charge in [-0.15, -0.1) is 0 Å². The third-order valence-corrected chi connectivity index (χ3v) is 16.1. The second kappa shape index (κ2) is 6.60. The molecular formula is C14H24Cl2Si2. The van der Waals surface area contributed by atoms with E-state index in [1.165, 1.54) is 10.4 Å². The molecule has 0 saturated heterocycles. The SMILES string of the molecule is CC[Si](Cl)(CC)c1ccccc1[Si](Cl)(CC)CC. The fourth-order valence-corrected chi connectivity index (χ4v) is 9.87. The molecule has 4 heteroatoms. The third kappa shape index (κ3) is 3.03. The maximum Gasteiger partial charge on any atom is 0.186 e. The van der Waals surface area contributed by atoms with Crippen molar-refractivity contribution in [2.24, 2.45) is 0 Å². The Morgan fingerprint density at radius 1 is 0.722 bits per heavy atom. The van der Waals surface area contributed by atoms with Gasteiger partial charge in [0.25, 0.3) is 0 Å². The Kier molecular flexibility index (Phi) is 5.97. The molecule has 1 aromatic carbocycles. The van der Waals surface area contributed by atoms with Crippen LogP contribution in [0.5, 0.6) is 0 Å². The summed E-state index contributed by atoms with van der Waals surface area (Å²) in [6, 6.07) is 13.0. The van der Waals surface area contributed by atoms with Gasteiger partial charge in [-0.1, -0.05) is 52.0 Å². The van der Waals surface area contributed by atoms with Crippen LogP contribution in [0.25, 0.3) is 0 Å². The zero-order valence-corrected chi connectivity index (χ0v) is 15.4. The molecule has 1 aromatic rings. The van der Waals surface area contributed by atoms with Gasteiger partial charge in [-0.05, 0) is 34.5 Å². The lowest BCUT2D eigenvalue weighted by Crippen LogP contribution is -2.58. The summed E-state index contributed by atoms with van der Waals surface area (Å²) in [6.45, 7) is 8.87. The van der Waals surface area contributed by atoms with E-state index in [1.54, 1.807) is 0 Å². The summed E-state index contributed by atoms with van der Waals surface area (Å²) in [5.74, 6) is 0. The van der Waals surface area contributed by atoms with Crippen LogP contribution in [0.3, 0.4) is 0 Å². The van der Waals surface area contributed by atoms with Crippen molar-refractivity contribution in [3.8, 4) is 0 Å². The Balaban J connectivity index is 3.39. The molecule has 0 unspecified atom stereocenters. The van der Waals surface area contributed by atoms with E-state index in [0.717, 1.165) is 24.2 Å². The lowest BCUT2D eigenvalue weighted by molar-refractivity contribution is 1.30. The number of hydrogen-bond acceptors (Lipinski definition) is 0. The van der Waals surface area contributed by atoms with Gasteiger partial charge >= 0.3 is 0 Å². The summed E-state index contributed by atoms with van der Waals surface area (Å²) in [4.78, 5) is 0. The van der Waals surface area contributed by atoms with E-state index in [0.29, 0.717) is 0 Å². The van der Waals surface area contributed by atoms with Crippen LogP contribution in [-0.4, -0.2) is 14.8 Å². The standard InChI is InChI=1S/C14H24Cl2Si2/c1-5-17(15,6-2)13-11-9-10-12-14(13)18(16,7-3)8-4/h9-12H,5-8H2,1-4H3. The Morgan fingerprint density at radius 3 is 1.22 bits per heavy atom. The molecule has 0 heterocycles. The van der Waals surface area contributed by atoms with E-state index in [4.69, 9.17) is 22.2 Å². The van der Waals surface area contributed by atoms with Crippen LogP contribution in [0.1, 0.15) is 27.7 Å². The third-order valence-electron chi connectivity index (χ3n) is 4.13. The largest absolute Gasteiger partial charge is 0.186 e. The highest BCUT2D eigenvalue weighted by Gasteiger charge is 2.38. The zero-order valence-electron chi connectivity index (χ0n) is 11.9. The molecule has 0 radical (unpaired) electrons. The number of benzene rings is 1. The predicted molar refractivity (Wildman–Crippen MR) is 90.8 cm³/mol. The second-order valence-electron chi connectivity index (χ2n) is 4.89. The van der Waals surface area contributed by atoms with E-state index >= 15 is 0 Å². The molecule has 0 saturated carbocycles. The molecule has 0 nitrogen and oxygen atoms in total. The van der Waals surface area contributed by atoms with E-state index < -0.39 is 14.8 Å². The fraction of sp³-hybridized carbons (Fsp3) is 0.571. The maximum absolute atomic E-state index is 6.96. The van der Waals surface area contributed by atoms with Crippen LogP contribution in [0.4, 0.5) is 0 Å². The van der Waals surface area contributed by atoms with Crippen molar-refractivity contribution in [1.29, 1.82) is 0 Å². The summed E-state index contributed by atoms with van der Waals surface area (Å²) in [5, 5.41) is 2.81. The highest BCUT2D eigenvalue weighted by atomic mass is 35.6. The predicted octanol–water partition coefficient (Wildman–Crippen LogP) is 4.55. The first-order valence-electron chi connectivity index (χ1n) is 6.95. The maximum atomic E-state index is 6.96. The fourth-order valence-electron chi connectivity index (χ4n) is 2.53. The van der Waals surface area contributed by atoms with Gasteiger partial charge in [-0.3, -0.25) is 0 Å². The van der Waals surface area contributed by atoms with Crippen molar-refractivity contribution >= 4 is 47.3 Å². The summed E-state index contributed by atoms with van der Waals surface area (Å²) < 4.78 is 0. The Bertz CT molecular complexity index is 348. The zero-order chi connectivity index (χ0) is 13.8. The van der Waals surface area contributed by atoms with Crippen molar-refractivity contribution in [2.45, 2.75) is 51.9 Å². The normalized spacial score (nSPS) is 12.8. The summed E-state index contributed by atoms with van der Waals surface area (Å²) in [7, 11) is -3.68. The van der Waals surface area contributed by atoms with Gasteiger partial charge in [-0.2, -0.15) is 22.2 Å². The van der Waals surface area contributed by atoms with Gasteiger partial charge in [0, 0.05) is 0 Å². The van der Waals surface area contributed by atoms with Crippen LogP contribution >= 0.6 is 22.2 Å². The minimum Gasteiger partial charge on any atom is -0.161 e. The quantitative estimate of drug-likeness (QED) is 0.533. The van der Waals surface area contributed by atoms with E-state index in [9.17, 15) is 0 Å². The molecule has 0 bridgehead atoms. The molecule has 0 aromatic heterocycles. The van der Waals surface area contributed by atoms with Gasteiger partial charge in [0.15, 0.2) is 14.8 Å². The molecule has 0 spiro atoms. The molecule has 0 aliphatic rings. The number of rotatable bonds is 6. The van der Waals surface area contributed by atoms with Crippen molar-refractivity contribution in [3.63, 3.8) is 0 Å². The molecule has 1 rings (SSSR count). The number of halogens is 2. The van der Waals surface area contributed by atoms with Gasteiger partial charge < -0.3 is 0 Å². The topological polar surface area (TPSA) is 0 Å².